The van der Waals surface area contributed by atoms with E-state index in [1.165, 1.54) is 6.07 Å². The molecule has 1 heterocycles. The van der Waals surface area contributed by atoms with Crippen molar-refractivity contribution in [2.75, 3.05) is 0 Å². The summed E-state index contributed by atoms with van der Waals surface area (Å²) >= 11 is 0. The first-order valence-electron chi connectivity index (χ1n) is 2.98. The Hall–Kier alpha value is -1.45. The number of H-pyrrole nitrogens is 1. The third-order valence-electron chi connectivity index (χ3n) is 1.39. The van der Waals surface area contributed by atoms with E-state index in [0.29, 0.717) is 5.52 Å². The van der Waals surface area contributed by atoms with Gasteiger partial charge in [-0.15, -0.1) is 0 Å². The second kappa shape index (κ2) is 2.02. The lowest BCUT2D eigenvalue weighted by atomic mass is 10.3. The maximum Gasteiger partial charge on any atom is 0.174 e. The number of halogens is 2. The summed E-state index contributed by atoms with van der Waals surface area (Å²) in [4.78, 5) is 6.02. The number of rotatable bonds is 0. The summed E-state index contributed by atoms with van der Waals surface area (Å²) in [5.41, 5.74) is 0.439. The molecule has 55 valence electrons. The second-order valence-corrected chi connectivity index (χ2v) is 2.13. The Morgan fingerprint density at radius 1 is 1.36 bits per heavy atom. The molecule has 2 rings (SSSR count). The maximum absolute atomic E-state index is 12.7. The van der Waals surface area contributed by atoms with Crippen LogP contribution in [0.5, 0.6) is 0 Å². The van der Waals surface area contributed by atoms with Crippen LogP contribution < -0.4 is 0 Å². The number of nitrogens with one attached hydrogen (secondary N) is 1. The predicted molar refractivity (Wildman–Crippen MR) is 34.8 cm³/mol. The predicted octanol–water partition coefficient (Wildman–Crippen LogP) is 1.64. The average Bonchev–Trinajstić information content (AvgIpc) is 2.34. The molecule has 1 N–H and O–H groups in total. The Morgan fingerprint density at radius 3 is 3.00 bits per heavy atom. The minimum atomic E-state index is -0.669. The highest BCUT2D eigenvalue weighted by Gasteiger charge is 2.04. The van der Waals surface area contributed by atoms with Crippen molar-refractivity contribution in [1.82, 2.24) is 9.97 Å². The van der Waals surface area contributed by atoms with E-state index in [2.05, 4.69) is 16.3 Å². The molecule has 0 saturated heterocycles. The number of hydrogen-bond acceptors (Lipinski definition) is 1. The van der Waals surface area contributed by atoms with Crippen molar-refractivity contribution in [2.45, 2.75) is 0 Å². The van der Waals surface area contributed by atoms with E-state index >= 15 is 0 Å². The van der Waals surface area contributed by atoms with Crippen LogP contribution in [0.2, 0.25) is 0 Å². The van der Waals surface area contributed by atoms with Crippen LogP contribution in [0.3, 0.4) is 0 Å². The number of nitrogens with zero attached hydrogens (tertiary/aromatic N) is 1. The largest absolute Gasteiger partial charge is 0.335 e. The van der Waals surface area contributed by atoms with Crippen LogP contribution in [-0.4, -0.2) is 9.97 Å². The van der Waals surface area contributed by atoms with Gasteiger partial charge in [-0.1, -0.05) is 0 Å². The second-order valence-electron chi connectivity index (χ2n) is 2.13. The smallest absolute Gasteiger partial charge is 0.174 e. The molecule has 1 aromatic carbocycles. The van der Waals surface area contributed by atoms with Gasteiger partial charge in [0.25, 0.3) is 0 Å². The highest BCUT2D eigenvalue weighted by molar-refractivity contribution is 5.74. The molecule has 0 atom stereocenters. The first-order chi connectivity index (χ1) is 5.27. The molecule has 0 aliphatic rings. The quantitative estimate of drug-likeness (QED) is 0.612. The van der Waals surface area contributed by atoms with Gasteiger partial charge in [0.2, 0.25) is 0 Å². The van der Waals surface area contributed by atoms with Crippen molar-refractivity contribution >= 4 is 11.0 Å². The van der Waals surface area contributed by atoms with Crippen LogP contribution in [0.15, 0.2) is 12.1 Å². The Kier molecular flexibility index (Phi) is 1.15. The molecule has 2 nitrogen and oxygen atoms in total. The van der Waals surface area contributed by atoms with Gasteiger partial charge in [0.15, 0.2) is 12.1 Å². The fraction of sp³-hybridized carbons (Fsp3) is 0. The third kappa shape index (κ3) is 0.869. The molecule has 0 aliphatic heterocycles. The summed E-state index contributed by atoms with van der Waals surface area (Å²) in [6.07, 6.45) is 2.32. The molecule has 1 aromatic heterocycles. The molecule has 0 amide bonds. The van der Waals surface area contributed by atoms with Gasteiger partial charge in [0, 0.05) is 6.07 Å². The summed E-state index contributed by atoms with van der Waals surface area (Å²) < 4.78 is 25.2. The first-order valence-corrected chi connectivity index (χ1v) is 2.98. The SMILES string of the molecule is Fc1cc(F)c2n[c][nH]c2c1. The standard InChI is InChI=1S/C7H3F2N2/c8-4-1-5(9)7-6(2-4)10-3-11-7/h1-2H,(H,10,11). The zero-order valence-corrected chi connectivity index (χ0v) is 5.36. The van der Waals surface area contributed by atoms with E-state index < -0.39 is 11.6 Å². The third-order valence-corrected chi connectivity index (χ3v) is 1.39. The molecule has 0 fully saturated rings. The molecule has 1 radical (unpaired) electrons. The number of aromatic nitrogens is 2. The normalized spacial score (nSPS) is 10.7. The Bertz CT molecular complexity index is 394. The lowest BCUT2D eigenvalue weighted by Crippen LogP contribution is -1.81. The van der Waals surface area contributed by atoms with E-state index in [-0.39, 0.29) is 5.52 Å². The molecule has 0 aliphatic carbocycles. The molecule has 0 unspecified atom stereocenters. The Balaban J connectivity index is 2.91. The van der Waals surface area contributed by atoms with Gasteiger partial charge in [-0.3, -0.25) is 0 Å². The summed E-state index contributed by atoms with van der Waals surface area (Å²) in [5, 5.41) is 0. The average molecular weight is 153 g/mol. The van der Waals surface area contributed by atoms with Crippen LogP contribution >= 0.6 is 0 Å². The topological polar surface area (TPSA) is 28.7 Å². The van der Waals surface area contributed by atoms with Gasteiger partial charge in [0.1, 0.15) is 11.3 Å². The van der Waals surface area contributed by atoms with Crippen LogP contribution in [0.4, 0.5) is 8.78 Å². The molecule has 4 heteroatoms. The van der Waals surface area contributed by atoms with E-state index in [0.717, 1.165) is 6.07 Å². The van der Waals surface area contributed by atoms with E-state index in [1.807, 2.05) is 0 Å². The maximum atomic E-state index is 12.7. The van der Waals surface area contributed by atoms with Crippen molar-refractivity contribution in [3.8, 4) is 0 Å². The summed E-state index contributed by atoms with van der Waals surface area (Å²) in [7, 11) is 0. The zero-order valence-electron chi connectivity index (χ0n) is 5.36. The van der Waals surface area contributed by atoms with Gasteiger partial charge in [-0.25, -0.2) is 13.8 Å². The van der Waals surface area contributed by atoms with Gasteiger partial charge in [-0.2, -0.15) is 0 Å². The molecular weight excluding hydrogens is 150 g/mol. The lowest BCUT2D eigenvalue weighted by Gasteiger charge is -1.90. The van der Waals surface area contributed by atoms with Crippen molar-refractivity contribution in [3.63, 3.8) is 0 Å². The van der Waals surface area contributed by atoms with E-state index in [4.69, 9.17) is 0 Å². The number of imidazole rings is 1. The van der Waals surface area contributed by atoms with Crippen LogP contribution in [0, 0.1) is 18.0 Å². The van der Waals surface area contributed by atoms with Crippen molar-refractivity contribution in [1.29, 1.82) is 0 Å². The minimum Gasteiger partial charge on any atom is -0.335 e. The van der Waals surface area contributed by atoms with Gasteiger partial charge >= 0.3 is 0 Å². The van der Waals surface area contributed by atoms with Crippen molar-refractivity contribution in [2.24, 2.45) is 0 Å². The zero-order chi connectivity index (χ0) is 7.84. The lowest BCUT2D eigenvalue weighted by molar-refractivity contribution is 0.590. The number of aromatic amines is 1. The minimum absolute atomic E-state index is 0.117. The number of hydrogen-bond donors (Lipinski definition) is 1. The molecule has 11 heavy (non-hydrogen) atoms. The van der Waals surface area contributed by atoms with Crippen molar-refractivity contribution in [3.05, 3.63) is 30.1 Å². The summed E-state index contributed by atoms with van der Waals surface area (Å²) in [6.45, 7) is 0. The Labute approximate surface area is 60.9 Å². The fourth-order valence-electron chi connectivity index (χ4n) is 0.919. The van der Waals surface area contributed by atoms with Crippen LogP contribution in [0.1, 0.15) is 0 Å². The van der Waals surface area contributed by atoms with Crippen molar-refractivity contribution < 1.29 is 8.78 Å². The van der Waals surface area contributed by atoms with E-state index in [1.54, 1.807) is 0 Å². The fourth-order valence-corrected chi connectivity index (χ4v) is 0.919. The molecule has 0 spiro atoms. The molecule has 0 saturated carbocycles. The van der Waals surface area contributed by atoms with Gasteiger partial charge in [0.05, 0.1) is 5.52 Å². The van der Waals surface area contributed by atoms with E-state index in [9.17, 15) is 8.78 Å². The first kappa shape index (κ1) is 6.27. The summed E-state index contributed by atoms with van der Waals surface area (Å²) in [5.74, 6) is -1.29. The number of benzene rings is 1. The molecular formula is C7H3F2N2. The monoisotopic (exact) mass is 153 g/mol. The molecule has 2 aromatic rings. The van der Waals surface area contributed by atoms with Crippen LogP contribution in [0.25, 0.3) is 11.0 Å². The van der Waals surface area contributed by atoms with Gasteiger partial charge < -0.3 is 4.98 Å². The Morgan fingerprint density at radius 2 is 2.18 bits per heavy atom. The summed E-state index contributed by atoms with van der Waals surface area (Å²) in [6, 6.07) is 1.96. The van der Waals surface area contributed by atoms with Crippen LogP contribution in [-0.2, 0) is 0 Å². The molecule has 0 bridgehead atoms. The number of fused-ring (bicyclic) bond motifs is 1. The highest BCUT2D eigenvalue weighted by atomic mass is 19.1. The highest BCUT2D eigenvalue weighted by Crippen LogP contribution is 2.14. The van der Waals surface area contributed by atoms with Gasteiger partial charge in [-0.05, 0) is 6.07 Å².